The van der Waals surface area contributed by atoms with Crippen LogP contribution in [0.15, 0.2) is 85.2 Å². The van der Waals surface area contributed by atoms with Gasteiger partial charge in [-0.15, -0.1) is 0 Å². The van der Waals surface area contributed by atoms with E-state index < -0.39 is 0 Å². The summed E-state index contributed by atoms with van der Waals surface area (Å²) in [5, 5.41) is 4.09. The number of pyridine rings is 1. The molecule has 0 spiro atoms. The minimum Gasteiger partial charge on any atom is -0.497 e. The van der Waals surface area contributed by atoms with Gasteiger partial charge in [0.25, 0.3) is 5.91 Å². The molecule has 34 heavy (non-hydrogen) atoms. The largest absolute Gasteiger partial charge is 0.497 e. The zero-order chi connectivity index (χ0) is 23.9. The van der Waals surface area contributed by atoms with E-state index in [1.807, 2.05) is 42.5 Å². The summed E-state index contributed by atoms with van der Waals surface area (Å²) in [5.41, 5.74) is 4.09. The first kappa shape index (κ1) is 23.6. The molecule has 0 saturated heterocycles. The van der Waals surface area contributed by atoms with Crippen molar-refractivity contribution < 1.29 is 14.3 Å². The van der Waals surface area contributed by atoms with Gasteiger partial charge in [-0.1, -0.05) is 41.4 Å². The predicted octanol–water partition coefficient (Wildman–Crippen LogP) is 6.94. The van der Waals surface area contributed by atoms with Gasteiger partial charge in [-0.2, -0.15) is 0 Å². The Hall–Kier alpha value is -3.54. The Bertz CT molecular complexity index is 1280. The summed E-state index contributed by atoms with van der Waals surface area (Å²) in [6.07, 6.45) is 4.05. The fourth-order valence-corrected chi connectivity index (χ4v) is 3.92. The Morgan fingerprint density at radius 2 is 1.65 bits per heavy atom. The molecular formula is C27H22Cl2N2O3. The second kappa shape index (κ2) is 11.1. The van der Waals surface area contributed by atoms with Crippen LogP contribution < -0.4 is 14.8 Å². The molecule has 0 atom stereocenters. The third-order valence-electron chi connectivity index (χ3n) is 5.23. The number of nitrogens with zero attached hydrogens (tertiary/aromatic N) is 1. The SMILES string of the molecule is COc1ccc(C(=O)Nc2ccc(-c3ccncc3)cc2)c(OCCc2ccc(Cl)cc2Cl)c1. The van der Waals surface area contributed by atoms with Crippen LogP contribution in [-0.4, -0.2) is 24.6 Å². The third kappa shape index (κ3) is 5.87. The number of carbonyl (C=O) groups is 1. The first-order valence-electron chi connectivity index (χ1n) is 10.6. The van der Waals surface area contributed by atoms with Crippen LogP contribution in [0.3, 0.4) is 0 Å². The van der Waals surface area contributed by atoms with E-state index in [0.717, 1.165) is 16.7 Å². The number of amides is 1. The minimum atomic E-state index is -0.279. The number of benzene rings is 3. The molecule has 0 aliphatic rings. The van der Waals surface area contributed by atoms with Crippen LogP contribution in [0.4, 0.5) is 5.69 Å². The summed E-state index contributed by atoms with van der Waals surface area (Å²) in [6.45, 7) is 0.329. The number of anilines is 1. The molecule has 7 heteroatoms. The molecule has 1 N–H and O–H groups in total. The van der Waals surface area contributed by atoms with E-state index in [1.54, 1.807) is 49.8 Å². The highest BCUT2D eigenvalue weighted by Crippen LogP contribution is 2.28. The lowest BCUT2D eigenvalue weighted by molar-refractivity contribution is 0.102. The lowest BCUT2D eigenvalue weighted by atomic mass is 10.1. The molecule has 0 unspecified atom stereocenters. The van der Waals surface area contributed by atoms with Crippen molar-refractivity contribution >= 4 is 34.8 Å². The molecule has 1 heterocycles. The van der Waals surface area contributed by atoms with E-state index in [1.165, 1.54) is 0 Å². The quantitative estimate of drug-likeness (QED) is 0.289. The van der Waals surface area contributed by atoms with E-state index >= 15 is 0 Å². The Balaban J connectivity index is 1.46. The van der Waals surface area contributed by atoms with Gasteiger partial charge < -0.3 is 14.8 Å². The van der Waals surface area contributed by atoms with Gasteiger partial charge >= 0.3 is 0 Å². The number of hydrogen-bond acceptors (Lipinski definition) is 4. The number of halogens is 2. The summed E-state index contributed by atoms with van der Waals surface area (Å²) in [7, 11) is 1.57. The molecule has 0 aliphatic carbocycles. The molecule has 1 amide bonds. The van der Waals surface area contributed by atoms with E-state index in [2.05, 4.69) is 10.3 Å². The summed E-state index contributed by atoms with van der Waals surface area (Å²) in [6, 6.07) is 22.0. The standard InChI is InChI=1S/C27H22Cl2N2O3/c1-33-23-8-9-24(26(17-23)34-15-12-20-2-5-21(28)16-25(20)29)27(32)31-22-6-3-18(4-7-22)19-10-13-30-14-11-19/h2-11,13-14,16-17H,12,15H2,1H3,(H,31,32). The van der Waals surface area contributed by atoms with Crippen LogP contribution in [0, 0.1) is 0 Å². The Morgan fingerprint density at radius 1 is 0.912 bits per heavy atom. The Kier molecular flexibility index (Phi) is 7.68. The third-order valence-corrected chi connectivity index (χ3v) is 5.82. The zero-order valence-electron chi connectivity index (χ0n) is 18.4. The first-order chi connectivity index (χ1) is 16.5. The molecular weight excluding hydrogens is 471 g/mol. The van der Waals surface area contributed by atoms with Crippen LogP contribution >= 0.6 is 23.2 Å². The van der Waals surface area contributed by atoms with E-state index in [0.29, 0.717) is 45.8 Å². The van der Waals surface area contributed by atoms with Crippen molar-refractivity contribution in [1.82, 2.24) is 4.98 Å². The molecule has 3 aromatic carbocycles. The maximum absolute atomic E-state index is 13.0. The van der Waals surface area contributed by atoms with Gasteiger partial charge in [0.15, 0.2) is 0 Å². The number of aromatic nitrogens is 1. The molecule has 4 aromatic rings. The Labute approximate surface area is 208 Å². The summed E-state index contributed by atoms with van der Waals surface area (Å²) < 4.78 is 11.3. The summed E-state index contributed by atoms with van der Waals surface area (Å²) in [5.74, 6) is 0.743. The molecule has 0 aliphatic heterocycles. The molecule has 0 fully saturated rings. The van der Waals surface area contributed by atoms with Crippen LogP contribution in [-0.2, 0) is 6.42 Å². The molecule has 4 rings (SSSR count). The van der Waals surface area contributed by atoms with Gasteiger partial charge in [-0.25, -0.2) is 0 Å². The predicted molar refractivity (Wildman–Crippen MR) is 136 cm³/mol. The fourth-order valence-electron chi connectivity index (χ4n) is 3.42. The monoisotopic (exact) mass is 492 g/mol. The van der Waals surface area contributed by atoms with Crippen molar-refractivity contribution in [2.45, 2.75) is 6.42 Å². The van der Waals surface area contributed by atoms with Crippen molar-refractivity contribution in [1.29, 1.82) is 0 Å². The Morgan fingerprint density at radius 3 is 2.35 bits per heavy atom. The van der Waals surface area contributed by atoms with Crippen molar-refractivity contribution in [2.24, 2.45) is 0 Å². The van der Waals surface area contributed by atoms with Crippen molar-refractivity contribution in [3.05, 3.63) is 106 Å². The maximum atomic E-state index is 13.0. The first-order valence-corrected chi connectivity index (χ1v) is 11.4. The molecule has 0 saturated carbocycles. The molecule has 5 nitrogen and oxygen atoms in total. The topological polar surface area (TPSA) is 60.5 Å². The van der Waals surface area contributed by atoms with Gasteiger partial charge in [-0.3, -0.25) is 9.78 Å². The van der Waals surface area contributed by atoms with Gasteiger partial charge in [0.05, 0.1) is 19.3 Å². The smallest absolute Gasteiger partial charge is 0.259 e. The van der Waals surface area contributed by atoms with Crippen LogP contribution in [0.2, 0.25) is 10.0 Å². The van der Waals surface area contributed by atoms with Gasteiger partial charge in [0.2, 0.25) is 0 Å². The fraction of sp³-hybridized carbons (Fsp3) is 0.111. The lowest BCUT2D eigenvalue weighted by Crippen LogP contribution is -2.14. The number of hydrogen-bond donors (Lipinski definition) is 1. The van der Waals surface area contributed by atoms with Gasteiger partial charge in [0.1, 0.15) is 11.5 Å². The maximum Gasteiger partial charge on any atom is 0.259 e. The minimum absolute atomic E-state index is 0.279. The van der Waals surface area contributed by atoms with Crippen molar-refractivity contribution in [2.75, 3.05) is 19.0 Å². The van der Waals surface area contributed by atoms with Crippen LogP contribution in [0.5, 0.6) is 11.5 Å². The van der Waals surface area contributed by atoms with Crippen LogP contribution in [0.25, 0.3) is 11.1 Å². The number of carbonyl (C=O) groups excluding carboxylic acids is 1. The second-order valence-corrected chi connectivity index (χ2v) is 8.31. The highest BCUT2D eigenvalue weighted by atomic mass is 35.5. The summed E-state index contributed by atoms with van der Waals surface area (Å²) in [4.78, 5) is 17.1. The lowest BCUT2D eigenvalue weighted by Gasteiger charge is -2.14. The van der Waals surface area contributed by atoms with E-state index in [9.17, 15) is 4.79 Å². The highest BCUT2D eigenvalue weighted by molar-refractivity contribution is 6.35. The molecule has 0 bridgehead atoms. The normalized spacial score (nSPS) is 10.6. The van der Waals surface area contributed by atoms with E-state index in [-0.39, 0.29) is 5.91 Å². The van der Waals surface area contributed by atoms with Crippen molar-refractivity contribution in [3.63, 3.8) is 0 Å². The average Bonchev–Trinajstić information content (AvgIpc) is 2.86. The number of rotatable bonds is 8. The number of ether oxygens (including phenoxy) is 2. The van der Waals surface area contributed by atoms with Crippen molar-refractivity contribution in [3.8, 4) is 22.6 Å². The van der Waals surface area contributed by atoms with E-state index in [4.69, 9.17) is 32.7 Å². The molecule has 0 radical (unpaired) electrons. The van der Waals surface area contributed by atoms with Crippen LogP contribution in [0.1, 0.15) is 15.9 Å². The molecule has 1 aromatic heterocycles. The highest BCUT2D eigenvalue weighted by Gasteiger charge is 2.15. The van der Waals surface area contributed by atoms with Gasteiger partial charge in [0, 0.05) is 40.6 Å². The zero-order valence-corrected chi connectivity index (χ0v) is 19.9. The average molecular weight is 493 g/mol. The number of methoxy groups -OCH3 is 1. The van der Waals surface area contributed by atoms with Gasteiger partial charge in [-0.05, 0) is 65.2 Å². The molecule has 172 valence electrons. The second-order valence-electron chi connectivity index (χ2n) is 7.46. The number of nitrogens with one attached hydrogen (secondary N) is 1. The summed E-state index contributed by atoms with van der Waals surface area (Å²) >= 11 is 12.2.